The smallest absolute Gasteiger partial charge is 0.410 e. The van der Waals surface area contributed by atoms with Gasteiger partial charge in [0, 0.05) is 20.1 Å². The molecular formula is C13H21N3O4. The Bertz CT molecular complexity index is 447. The number of likely N-dealkylation sites (tertiary alicyclic amines) is 1. The van der Waals surface area contributed by atoms with Gasteiger partial charge in [-0.1, -0.05) is 0 Å². The van der Waals surface area contributed by atoms with Crippen molar-refractivity contribution in [3.8, 4) is 0 Å². The molecule has 2 fully saturated rings. The number of urea groups is 1. The van der Waals surface area contributed by atoms with E-state index in [9.17, 15) is 14.4 Å². The summed E-state index contributed by atoms with van der Waals surface area (Å²) in [6, 6.07) is -0.374. The quantitative estimate of drug-likeness (QED) is 0.671. The van der Waals surface area contributed by atoms with Crippen LogP contribution < -0.4 is 5.32 Å². The number of hydrogen-bond acceptors (Lipinski definition) is 4. The maximum Gasteiger partial charge on any atom is 0.410 e. The van der Waals surface area contributed by atoms with Crippen LogP contribution in [0, 0.1) is 0 Å². The van der Waals surface area contributed by atoms with E-state index in [-0.39, 0.29) is 18.0 Å². The first-order valence-electron chi connectivity index (χ1n) is 6.73. The van der Waals surface area contributed by atoms with Crippen LogP contribution in [0.15, 0.2) is 0 Å². The number of ether oxygens (including phenoxy) is 1. The second-order valence-electron chi connectivity index (χ2n) is 6.32. The number of hydrogen-bond donors (Lipinski definition) is 1. The molecule has 1 spiro atoms. The van der Waals surface area contributed by atoms with Gasteiger partial charge >= 0.3 is 12.1 Å². The summed E-state index contributed by atoms with van der Waals surface area (Å²) in [6.07, 6.45) is 0.486. The SMILES string of the molecule is CN1C(=O)NC(=O)C12CCN(C(=O)OC(C)(C)C)CC2. The third kappa shape index (κ3) is 2.44. The zero-order valence-electron chi connectivity index (χ0n) is 12.4. The minimum absolute atomic E-state index is 0.270. The Morgan fingerprint density at radius 2 is 1.80 bits per heavy atom. The molecule has 0 bridgehead atoms. The Balaban J connectivity index is 2.01. The van der Waals surface area contributed by atoms with Crippen molar-refractivity contribution in [3.63, 3.8) is 0 Å². The summed E-state index contributed by atoms with van der Waals surface area (Å²) in [6.45, 7) is 6.24. The van der Waals surface area contributed by atoms with E-state index < -0.39 is 11.1 Å². The summed E-state index contributed by atoms with van der Waals surface area (Å²) in [4.78, 5) is 38.5. The van der Waals surface area contributed by atoms with Crippen LogP contribution in [-0.4, -0.2) is 59.1 Å². The van der Waals surface area contributed by atoms with Crippen LogP contribution >= 0.6 is 0 Å². The number of nitrogens with zero attached hydrogens (tertiary/aromatic N) is 2. The van der Waals surface area contributed by atoms with E-state index in [4.69, 9.17) is 4.74 Å². The van der Waals surface area contributed by atoms with Gasteiger partial charge in [-0.3, -0.25) is 10.1 Å². The van der Waals surface area contributed by atoms with Crippen LogP contribution in [0.5, 0.6) is 0 Å². The average Bonchev–Trinajstić information content (AvgIpc) is 2.53. The number of carbonyl (C=O) groups excluding carboxylic acids is 3. The van der Waals surface area contributed by atoms with E-state index in [1.165, 1.54) is 4.90 Å². The number of likely N-dealkylation sites (N-methyl/N-ethyl adjacent to an activating group) is 1. The minimum atomic E-state index is -0.810. The topological polar surface area (TPSA) is 79.0 Å². The summed E-state index contributed by atoms with van der Waals surface area (Å²) in [5.74, 6) is -0.270. The summed E-state index contributed by atoms with van der Waals surface area (Å²) >= 11 is 0. The molecule has 20 heavy (non-hydrogen) atoms. The molecule has 0 aliphatic carbocycles. The molecule has 0 aromatic carbocycles. The summed E-state index contributed by atoms with van der Waals surface area (Å²) in [5.41, 5.74) is -1.35. The number of carbonyl (C=O) groups is 3. The van der Waals surface area contributed by atoms with E-state index in [1.807, 2.05) is 20.8 Å². The second kappa shape index (κ2) is 4.64. The van der Waals surface area contributed by atoms with Crippen LogP contribution in [-0.2, 0) is 9.53 Å². The molecule has 0 atom stereocenters. The molecule has 0 saturated carbocycles. The summed E-state index contributed by atoms with van der Waals surface area (Å²) in [7, 11) is 1.61. The zero-order chi connectivity index (χ0) is 15.1. The van der Waals surface area contributed by atoms with Gasteiger partial charge in [0.25, 0.3) is 5.91 Å². The minimum Gasteiger partial charge on any atom is -0.444 e. The highest BCUT2D eigenvalue weighted by Crippen LogP contribution is 2.32. The van der Waals surface area contributed by atoms with Gasteiger partial charge in [0.05, 0.1) is 0 Å². The maximum atomic E-state index is 12.0. The van der Waals surface area contributed by atoms with Gasteiger partial charge in [-0.05, 0) is 33.6 Å². The Labute approximate surface area is 118 Å². The van der Waals surface area contributed by atoms with Crippen LogP contribution in [0.25, 0.3) is 0 Å². The highest BCUT2D eigenvalue weighted by molar-refractivity contribution is 6.07. The Hall–Kier alpha value is -1.79. The molecule has 0 unspecified atom stereocenters. The normalized spacial score (nSPS) is 22.2. The van der Waals surface area contributed by atoms with Crippen molar-refractivity contribution >= 4 is 18.0 Å². The van der Waals surface area contributed by atoms with Gasteiger partial charge in [0.15, 0.2) is 0 Å². The van der Waals surface area contributed by atoms with Gasteiger partial charge in [-0.15, -0.1) is 0 Å². The lowest BCUT2D eigenvalue weighted by atomic mass is 9.86. The lowest BCUT2D eigenvalue weighted by Crippen LogP contribution is -2.56. The fourth-order valence-corrected chi connectivity index (χ4v) is 2.59. The van der Waals surface area contributed by atoms with Crippen LogP contribution in [0.4, 0.5) is 9.59 Å². The Kier molecular flexibility index (Phi) is 3.39. The fraction of sp³-hybridized carbons (Fsp3) is 0.769. The highest BCUT2D eigenvalue weighted by Gasteiger charge is 2.52. The zero-order valence-corrected chi connectivity index (χ0v) is 12.4. The average molecular weight is 283 g/mol. The lowest BCUT2D eigenvalue weighted by molar-refractivity contribution is -0.128. The molecule has 112 valence electrons. The molecule has 2 aliphatic rings. The predicted octanol–water partition coefficient (Wildman–Crippen LogP) is 0.938. The molecule has 7 nitrogen and oxygen atoms in total. The molecule has 7 heteroatoms. The van der Waals surface area contributed by atoms with Crippen LogP contribution in [0.3, 0.4) is 0 Å². The van der Waals surface area contributed by atoms with Gasteiger partial charge in [0.2, 0.25) is 0 Å². The van der Waals surface area contributed by atoms with E-state index in [0.29, 0.717) is 25.9 Å². The molecule has 0 aromatic rings. The van der Waals surface area contributed by atoms with Crippen LogP contribution in [0.2, 0.25) is 0 Å². The Morgan fingerprint density at radius 3 is 2.20 bits per heavy atom. The summed E-state index contributed by atoms with van der Waals surface area (Å²) < 4.78 is 5.31. The number of imide groups is 1. The molecular weight excluding hydrogens is 262 g/mol. The summed E-state index contributed by atoms with van der Waals surface area (Å²) in [5, 5.41) is 2.32. The molecule has 1 N–H and O–H groups in total. The number of rotatable bonds is 0. The van der Waals surface area contributed by atoms with Gasteiger partial charge in [-0.25, -0.2) is 9.59 Å². The van der Waals surface area contributed by atoms with Crippen molar-refractivity contribution in [1.29, 1.82) is 0 Å². The first-order valence-corrected chi connectivity index (χ1v) is 6.73. The van der Waals surface area contributed by atoms with Crippen molar-refractivity contribution in [2.45, 2.75) is 44.8 Å². The first-order chi connectivity index (χ1) is 9.16. The van der Waals surface area contributed by atoms with E-state index >= 15 is 0 Å². The molecule has 2 rings (SSSR count). The molecule has 0 aromatic heterocycles. The third-order valence-corrected chi connectivity index (χ3v) is 3.83. The molecule has 2 heterocycles. The van der Waals surface area contributed by atoms with Gasteiger partial charge in [-0.2, -0.15) is 0 Å². The van der Waals surface area contributed by atoms with Crippen molar-refractivity contribution in [3.05, 3.63) is 0 Å². The lowest BCUT2D eigenvalue weighted by Gasteiger charge is -2.40. The van der Waals surface area contributed by atoms with Gasteiger partial charge < -0.3 is 14.5 Å². The van der Waals surface area contributed by atoms with E-state index in [1.54, 1.807) is 11.9 Å². The second-order valence-corrected chi connectivity index (χ2v) is 6.32. The first kappa shape index (κ1) is 14.6. The molecule has 2 aliphatic heterocycles. The van der Waals surface area contributed by atoms with Crippen molar-refractivity contribution < 1.29 is 19.1 Å². The maximum absolute atomic E-state index is 12.0. The number of nitrogens with one attached hydrogen (secondary N) is 1. The fourth-order valence-electron chi connectivity index (χ4n) is 2.59. The predicted molar refractivity (Wildman–Crippen MR) is 71.1 cm³/mol. The molecule has 0 radical (unpaired) electrons. The van der Waals surface area contributed by atoms with Crippen molar-refractivity contribution in [2.24, 2.45) is 0 Å². The van der Waals surface area contributed by atoms with E-state index in [2.05, 4.69) is 5.32 Å². The number of piperidine rings is 1. The molecule has 2 saturated heterocycles. The van der Waals surface area contributed by atoms with Crippen LogP contribution in [0.1, 0.15) is 33.6 Å². The van der Waals surface area contributed by atoms with Crippen molar-refractivity contribution in [2.75, 3.05) is 20.1 Å². The standard InChI is InChI=1S/C13H21N3O4/c1-12(2,3)20-11(19)16-7-5-13(6-8-16)9(17)14-10(18)15(13)4/h5-8H2,1-4H3,(H,14,17,18). The van der Waals surface area contributed by atoms with Crippen molar-refractivity contribution in [1.82, 2.24) is 15.1 Å². The molecule has 4 amide bonds. The van der Waals surface area contributed by atoms with E-state index in [0.717, 1.165) is 0 Å². The van der Waals surface area contributed by atoms with Gasteiger partial charge in [0.1, 0.15) is 11.1 Å². The number of amides is 4. The third-order valence-electron chi connectivity index (χ3n) is 3.83. The monoisotopic (exact) mass is 283 g/mol. The largest absolute Gasteiger partial charge is 0.444 e. The highest BCUT2D eigenvalue weighted by atomic mass is 16.6. The Morgan fingerprint density at radius 1 is 1.25 bits per heavy atom.